The molecule has 1 fully saturated rings. The van der Waals surface area contributed by atoms with Crippen molar-refractivity contribution in [3.8, 4) is 0 Å². The summed E-state index contributed by atoms with van der Waals surface area (Å²) in [5.41, 5.74) is 0.527. The molecule has 0 heterocycles. The number of rotatable bonds is 3. The van der Waals surface area contributed by atoms with Crippen LogP contribution in [0.15, 0.2) is 18.2 Å². The number of carbonyl (C=O) groups excluding carboxylic acids is 1. The van der Waals surface area contributed by atoms with Crippen molar-refractivity contribution < 1.29 is 4.79 Å². The van der Waals surface area contributed by atoms with E-state index in [1.165, 1.54) is 12.8 Å². The topological polar surface area (TPSA) is 29.1 Å². The molecule has 17 heavy (non-hydrogen) atoms. The quantitative estimate of drug-likeness (QED) is 0.861. The monoisotopic (exact) mass is 271 g/mol. The van der Waals surface area contributed by atoms with Crippen LogP contribution in [0.1, 0.15) is 32.1 Å². The zero-order chi connectivity index (χ0) is 12.3. The van der Waals surface area contributed by atoms with Gasteiger partial charge in [-0.3, -0.25) is 4.79 Å². The third-order valence-corrected chi connectivity index (χ3v) is 3.81. The Morgan fingerprint density at radius 3 is 2.41 bits per heavy atom. The van der Waals surface area contributed by atoms with Crippen LogP contribution in [0.4, 0.5) is 5.69 Å². The minimum absolute atomic E-state index is 0.00639. The first-order valence-corrected chi connectivity index (χ1v) is 6.66. The van der Waals surface area contributed by atoms with E-state index in [0.717, 1.165) is 12.8 Å². The van der Waals surface area contributed by atoms with Gasteiger partial charge in [-0.2, -0.15) is 0 Å². The molecule has 0 radical (unpaired) electrons. The molecular formula is C13H15Cl2NO. The maximum Gasteiger partial charge on any atom is 0.224 e. The molecule has 2 nitrogen and oxygen atoms in total. The van der Waals surface area contributed by atoms with Crippen molar-refractivity contribution in [1.82, 2.24) is 0 Å². The summed E-state index contributed by atoms with van der Waals surface area (Å²) in [6.07, 6.45) is 5.37. The Balaban J connectivity index is 1.97. The Kier molecular flexibility index (Phi) is 4.30. The van der Waals surface area contributed by atoms with Crippen molar-refractivity contribution in [3.63, 3.8) is 0 Å². The fraction of sp³-hybridized carbons (Fsp3) is 0.462. The van der Waals surface area contributed by atoms with Crippen molar-refractivity contribution in [2.75, 3.05) is 5.32 Å². The van der Waals surface area contributed by atoms with Crippen molar-refractivity contribution in [2.24, 2.45) is 5.92 Å². The van der Waals surface area contributed by atoms with E-state index >= 15 is 0 Å². The highest BCUT2D eigenvalue weighted by Gasteiger charge is 2.19. The molecular weight excluding hydrogens is 257 g/mol. The zero-order valence-corrected chi connectivity index (χ0v) is 11.0. The summed E-state index contributed by atoms with van der Waals surface area (Å²) in [7, 11) is 0. The van der Waals surface area contributed by atoms with Crippen LogP contribution in [0.5, 0.6) is 0 Å². The van der Waals surface area contributed by atoms with Gasteiger partial charge in [0, 0.05) is 6.42 Å². The van der Waals surface area contributed by atoms with Crippen molar-refractivity contribution in [1.29, 1.82) is 0 Å². The Morgan fingerprint density at radius 2 is 1.82 bits per heavy atom. The first-order valence-electron chi connectivity index (χ1n) is 5.90. The number of amides is 1. The molecule has 0 bridgehead atoms. The molecule has 2 rings (SSSR count). The van der Waals surface area contributed by atoms with E-state index < -0.39 is 0 Å². The van der Waals surface area contributed by atoms with Gasteiger partial charge in [-0.05, 0) is 30.9 Å². The molecule has 0 aromatic heterocycles. The smallest absolute Gasteiger partial charge is 0.224 e. The van der Waals surface area contributed by atoms with E-state index in [-0.39, 0.29) is 5.91 Å². The van der Waals surface area contributed by atoms with Crippen molar-refractivity contribution >= 4 is 34.8 Å². The summed E-state index contributed by atoms with van der Waals surface area (Å²) in [6, 6.07) is 5.20. The highest BCUT2D eigenvalue weighted by Crippen LogP contribution is 2.31. The van der Waals surface area contributed by atoms with Gasteiger partial charge in [0.1, 0.15) is 0 Å². The number of nitrogens with one attached hydrogen (secondary N) is 1. The van der Waals surface area contributed by atoms with E-state index in [9.17, 15) is 4.79 Å². The number of halogens is 2. The molecule has 0 unspecified atom stereocenters. The van der Waals surface area contributed by atoms with Gasteiger partial charge in [0.05, 0.1) is 15.7 Å². The third-order valence-electron chi connectivity index (χ3n) is 3.18. The molecule has 0 atom stereocenters. The van der Waals surface area contributed by atoms with Crippen LogP contribution in [-0.2, 0) is 4.79 Å². The van der Waals surface area contributed by atoms with Crippen LogP contribution < -0.4 is 5.32 Å². The Morgan fingerprint density at radius 1 is 1.24 bits per heavy atom. The Hall–Kier alpha value is -0.730. The molecule has 0 aliphatic heterocycles. The predicted molar refractivity (Wildman–Crippen MR) is 71.7 cm³/mol. The van der Waals surface area contributed by atoms with Gasteiger partial charge in [-0.1, -0.05) is 42.1 Å². The molecule has 1 amide bonds. The molecule has 1 N–H and O–H groups in total. The molecule has 1 saturated carbocycles. The lowest BCUT2D eigenvalue weighted by Gasteiger charge is -2.11. The number of benzene rings is 1. The van der Waals surface area contributed by atoms with Crippen LogP contribution >= 0.6 is 23.2 Å². The van der Waals surface area contributed by atoms with Crippen LogP contribution in [0.3, 0.4) is 0 Å². The zero-order valence-electron chi connectivity index (χ0n) is 9.51. The Bertz CT molecular complexity index is 394. The van der Waals surface area contributed by atoms with Gasteiger partial charge >= 0.3 is 0 Å². The molecule has 92 valence electrons. The van der Waals surface area contributed by atoms with Gasteiger partial charge in [-0.15, -0.1) is 0 Å². The third kappa shape index (κ3) is 3.36. The summed E-state index contributed by atoms with van der Waals surface area (Å²) in [5.74, 6) is 0.531. The summed E-state index contributed by atoms with van der Waals surface area (Å²) in [6.45, 7) is 0. The molecule has 4 heteroatoms. The van der Waals surface area contributed by atoms with Crippen LogP contribution in [0, 0.1) is 5.92 Å². The average molecular weight is 272 g/mol. The molecule has 1 aliphatic carbocycles. The second-order valence-corrected chi connectivity index (χ2v) is 5.31. The largest absolute Gasteiger partial charge is 0.324 e. The Labute approximate surface area is 111 Å². The normalized spacial score (nSPS) is 16.1. The van der Waals surface area contributed by atoms with E-state index in [0.29, 0.717) is 28.1 Å². The highest BCUT2D eigenvalue weighted by molar-refractivity contribution is 6.39. The predicted octanol–water partition coefficient (Wildman–Crippen LogP) is 4.51. The maximum atomic E-state index is 11.8. The first kappa shape index (κ1) is 12.7. The van der Waals surface area contributed by atoms with E-state index in [1.54, 1.807) is 18.2 Å². The number of hydrogen-bond donors (Lipinski definition) is 1. The van der Waals surface area contributed by atoms with Crippen molar-refractivity contribution in [2.45, 2.75) is 32.1 Å². The second-order valence-electron chi connectivity index (χ2n) is 4.50. The minimum atomic E-state index is 0.00639. The fourth-order valence-electron chi connectivity index (χ4n) is 2.28. The fourth-order valence-corrected chi connectivity index (χ4v) is 2.78. The SMILES string of the molecule is O=C(CC1CCCC1)Nc1c(Cl)cccc1Cl. The summed E-state index contributed by atoms with van der Waals surface area (Å²) < 4.78 is 0. The second kappa shape index (κ2) is 5.74. The average Bonchev–Trinajstić information content (AvgIpc) is 2.76. The first-order chi connectivity index (χ1) is 8.16. The standard InChI is InChI=1S/C13H15Cl2NO/c14-10-6-3-7-11(15)13(10)16-12(17)8-9-4-1-2-5-9/h3,6-7,9H,1-2,4-5,8H2,(H,16,17). The lowest BCUT2D eigenvalue weighted by atomic mass is 10.0. The summed E-state index contributed by atoms with van der Waals surface area (Å²) in [4.78, 5) is 11.8. The van der Waals surface area contributed by atoms with Gasteiger partial charge in [0.25, 0.3) is 0 Å². The van der Waals surface area contributed by atoms with Gasteiger partial charge < -0.3 is 5.32 Å². The molecule has 0 spiro atoms. The number of anilines is 1. The van der Waals surface area contributed by atoms with Crippen molar-refractivity contribution in [3.05, 3.63) is 28.2 Å². The summed E-state index contributed by atoms with van der Waals surface area (Å²) in [5, 5.41) is 3.77. The summed E-state index contributed by atoms with van der Waals surface area (Å²) >= 11 is 12.0. The van der Waals surface area contributed by atoms with E-state index in [1.807, 2.05) is 0 Å². The van der Waals surface area contributed by atoms with Gasteiger partial charge in [-0.25, -0.2) is 0 Å². The number of para-hydroxylation sites is 1. The van der Waals surface area contributed by atoms with Crippen LogP contribution in [0.25, 0.3) is 0 Å². The van der Waals surface area contributed by atoms with Crippen LogP contribution in [-0.4, -0.2) is 5.91 Å². The minimum Gasteiger partial charge on any atom is -0.324 e. The molecule has 1 aliphatic rings. The molecule has 1 aromatic carbocycles. The van der Waals surface area contributed by atoms with Gasteiger partial charge in [0.2, 0.25) is 5.91 Å². The maximum absolute atomic E-state index is 11.8. The highest BCUT2D eigenvalue weighted by atomic mass is 35.5. The van der Waals surface area contributed by atoms with Crippen LogP contribution in [0.2, 0.25) is 10.0 Å². The van der Waals surface area contributed by atoms with E-state index in [4.69, 9.17) is 23.2 Å². The number of hydrogen-bond acceptors (Lipinski definition) is 1. The van der Waals surface area contributed by atoms with Gasteiger partial charge in [0.15, 0.2) is 0 Å². The lowest BCUT2D eigenvalue weighted by Crippen LogP contribution is -2.15. The molecule has 1 aromatic rings. The molecule has 0 saturated heterocycles. The van der Waals surface area contributed by atoms with E-state index in [2.05, 4.69) is 5.32 Å². The number of carbonyl (C=O) groups is 1. The lowest BCUT2D eigenvalue weighted by molar-refractivity contribution is -0.117.